The second-order valence-electron chi connectivity index (χ2n) is 6.60. The van der Waals surface area contributed by atoms with E-state index in [-0.39, 0.29) is 5.41 Å². The summed E-state index contributed by atoms with van der Waals surface area (Å²) >= 11 is 0. The van der Waals surface area contributed by atoms with Crippen molar-refractivity contribution in [2.75, 3.05) is 11.9 Å². The highest BCUT2D eigenvalue weighted by atomic mass is 15.2. The summed E-state index contributed by atoms with van der Waals surface area (Å²) in [5.41, 5.74) is 2.51. The van der Waals surface area contributed by atoms with Crippen LogP contribution in [-0.4, -0.2) is 16.1 Å². The number of rotatable bonds is 5. The van der Waals surface area contributed by atoms with Crippen LogP contribution in [0.25, 0.3) is 11.0 Å². The predicted molar refractivity (Wildman–Crippen MR) is 82.4 cm³/mol. The Morgan fingerprint density at radius 2 is 1.95 bits per heavy atom. The molecule has 0 atom stereocenters. The minimum Gasteiger partial charge on any atom is -0.355 e. The Labute approximate surface area is 116 Å². The van der Waals surface area contributed by atoms with Crippen LogP contribution in [0.1, 0.15) is 34.1 Å². The Morgan fingerprint density at radius 1 is 1.26 bits per heavy atom. The lowest BCUT2D eigenvalue weighted by atomic mass is 9.84. The fraction of sp³-hybridized carbons (Fsp3) is 0.562. The largest absolute Gasteiger partial charge is 0.355 e. The van der Waals surface area contributed by atoms with Crippen molar-refractivity contribution < 1.29 is 0 Å². The third kappa shape index (κ3) is 3.28. The topological polar surface area (TPSA) is 29.9 Å². The number of para-hydroxylation sites is 2. The molecule has 0 unspecified atom stereocenters. The van der Waals surface area contributed by atoms with E-state index in [2.05, 4.69) is 67.8 Å². The van der Waals surface area contributed by atoms with Crippen LogP contribution in [0.4, 0.5) is 5.95 Å². The molecular weight excluding hydrogens is 234 g/mol. The van der Waals surface area contributed by atoms with Crippen molar-refractivity contribution in [3.8, 4) is 0 Å². The highest BCUT2D eigenvalue weighted by Crippen LogP contribution is 2.26. The number of anilines is 1. The molecule has 1 heterocycles. The molecule has 0 saturated heterocycles. The van der Waals surface area contributed by atoms with Gasteiger partial charge in [0.1, 0.15) is 0 Å². The van der Waals surface area contributed by atoms with Gasteiger partial charge >= 0.3 is 0 Å². The maximum Gasteiger partial charge on any atom is 0.203 e. The molecule has 0 fully saturated rings. The van der Waals surface area contributed by atoms with Crippen molar-refractivity contribution in [3.05, 3.63) is 24.3 Å². The van der Waals surface area contributed by atoms with Gasteiger partial charge in [0, 0.05) is 13.6 Å². The Morgan fingerprint density at radius 3 is 2.58 bits per heavy atom. The lowest BCUT2D eigenvalue weighted by Gasteiger charge is -2.27. The fourth-order valence-corrected chi connectivity index (χ4v) is 2.80. The number of aryl methyl sites for hydroxylation is 1. The first-order chi connectivity index (χ1) is 8.89. The van der Waals surface area contributed by atoms with Crippen LogP contribution < -0.4 is 5.32 Å². The summed E-state index contributed by atoms with van der Waals surface area (Å²) in [7, 11) is 2.06. The molecule has 0 radical (unpaired) electrons. The molecule has 2 rings (SSSR count). The molecule has 1 N–H and O–H groups in total. The quantitative estimate of drug-likeness (QED) is 0.877. The first kappa shape index (κ1) is 13.9. The standard InChI is InChI=1S/C16H25N3/c1-12(2)10-16(3,4)11-17-15-18-13-8-6-7-9-14(13)19(15)5/h6-9,12H,10-11H2,1-5H3,(H,17,18). The number of fused-ring (bicyclic) bond motifs is 1. The van der Waals surface area contributed by atoms with E-state index in [9.17, 15) is 0 Å². The van der Waals surface area contributed by atoms with Crippen molar-refractivity contribution in [2.24, 2.45) is 18.4 Å². The van der Waals surface area contributed by atoms with Gasteiger partial charge in [-0.25, -0.2) is 4.98 Å². The van der Waals surface area contributed by atoms with Gasteiger partial charge in [-0.3, -0.25) is 0 Å². The van der Waals surface area contributed by atoms with Crippen LogP contribution in [0.3, 0.4) is 0 Å². The van der Waals surface area contributed by atoms with Crippen LogP contribution in [-0.2, 0) is 7.05 Å². The van der Waals surface area contributed by atoms with Gasteiger partial charge in [-0.15, -0.1) is 0 Å². The molecule has 0 aliphatic carbocycles. The molecule has 2 aromatic rings. The maximum absolute atomic E-state index is 4.65. The van der Waals surface area contributed by atoms with Gasteiger partial charge in [0.05, 0.1) is 11.0 Å². The van der Waals surface area contributed by atoms with E-state index in [1.165, 1.54) is 11.9 Å². The predicted octanol–water partition coefficient (Wildman–Crippen LogP) is 4.06. The molecule has 3 heteroatoms. The first-order valence-electron chi connectivity index (χ1n) is 7.04. The molecule has 3 nitrogen and oxygen atoms in total. The molecule has 0 spiro atoms. The van der Waals surface area contributed by atoms with Crippen molar-refractivity contribution >= 4 is 17.0 Å². The number of hydrogen-bond acceptors (Lipinski definition) is 2. The summed E-state index contributed by atoms with van der Waals surface area (Å²) in [5, 5.41) is 3.50. The summed E-state index contributed by atoms with van der Waals surface area (Å²) < 4.78 is 2.13. The van der Waals surface area contributed by atoms with E-state index in [1.807, 2.05) is 6.07 Å². The third-order valence-corrected chi connectivity index (χ3v) is 3.47. The Bertz CT molecular complexity index is 552. The molecule has 0 aliphatic heterocycles. The minimum absolute atomic E-state index is 0.284. The highest BCUT2D eigenvalue weighted by Gasteiger charge is 2.20. The monoisotopic (exact) mass is 259 g/mol. The third-order valence-electron chi connectivity index (χ3n) is 3.47. The van der Waals surface area contributed by atoms with E-state index in [1.54, 1.807) is 0 Å². The lowest BCUT2D eigenvalue weighted by Crippen LogP contribution is -2.25. The molecule has 1 aromatic carbocycles. The summed E-state index contributed by atoms with van der Waals surface area (Å²) in [6, 6.07) is 8.24. The van der Waals surface area contributed by atoms with Crippen LogP contribution >= 0.6 is 0 Å². The zero-order chi connectivity index (χ0) is 14.0. The van der Waals surface area contributed by atoms with Crippen LogP contribution in [0.15, 0.2) is 24.3 Å². The van der Waals surface area contributed by atoms with Crippen LogP contribution in [0.5, 0.6) is 0 Å². The molecule has 0 aliphatic rings. The fourth-order valence-electron chi connectivity index (χ4n) is 2.80. The van der Waals surface area contributed by atoms with Gasteiger partial charge in [0.25, 0.3) is 0 Å². The van der Waals surface area contributed by atoms with E-state index in [4.69, 9.17) is 0 Å². The second-order valence-corrected chi connectivity index (χ2v) is 6.60. The van der Waals surface area contributed by atoms with Gasteiger partial charge in [-0.2, -0.15) is 0 Å². The van der Waals surface area contributed by atoms with Crippen molar-refractivity contribution in [1.29, 1.82) is 0 Å². The van der Waals surface area contributed by atoms with Crippen LogP contribution in [0.2, 0.25) is 0 Å². The van der Waals surface area contributed by atoms with E-state index in [0.717, 1.165) is 23.9 Å². The van der Waals surface area contributed by atoms with Gasteiger partial charge in [0.15, 0.2) is 0 Å². The lowest BCUT2D eigenvalue weighted by molar-refractivity contribution is 0.305. The van der Waals surface area contributed by atoms with Gasteiger partial charge < -0.3 is 9.88 Å². The number of imidazole rings is 1. The molecule has 19 heavy (non-hydrogen) atoms. The minimum atomic E-state index is 0.284. The number of hydrogen-bond donors (Lipinski definition) is 1. The van der Waals surface area contributed by atoms with E-state index >= 15 is 0 Å². The summed E-state index contributed by atoms with van der Waals surface area (Å²) in [5.74, 6) is 1.68. The number of aromatic nitrogens is 2. The maximum atomic E-state index is 4.65. The van der Waals surface area contributed by atoms with Crippen molar-refractivity contribution in [3.63, 3.8) is 0 Å². The van der Waals surface area contributed by atoms with Gasteiger partial charge in [-0.05, 0) is 29.9 Å². The summed E-state index contributed by atoms with van der Waals surface area (Å²) in [6.07, 6.45) is 1.21. The van der Waals surface area contributed by atoms with E-state index in [0.29, 0.717) is 0 Å². The summed E-state index contributed by atoms with van der Waals surface area (Å²) in [6.45, 7) is 10.1. The molecule has 0 amide bonds. The van der Waals surface area contributed by atoms with Gasteiger partial charge in [0.2, 0.25) is 5.95 Å². The molecule has 1 aromatic heterocycles. The SMILES string of the molecule is CC(C)CC(C)(C)CNc1nc2ccccc2n1C. The molecule has 0 saturated carbocycles. The molecule has 0 bridgehead atoms. The highest BCUT2D eigenvalue weighted by molar-refractivity contribution is 5.78. The zero-order valence-electron chi connectivity index (χ0n) is 12.7. The average Bonchev–Trinajstić information content (AvgIpc) is 2.63. The molecular formula is C16H25N3. The zero-order valence-corrected chi connectivity index (χ0v) is 12.7. The van der Waals surface area contributed by atoms with Crippen molar-refractivity contribution in [1.82, 2.24) is 9.55 Å². The Kier molecular flexibility index (Phi) is 3.83. The second kappa shape index (κ2) is 5.24. The smallest absolute Gasteiger partial charge is 0.203 e. The number of nitrogens with zero attached hydrogens (tertiary/aromatic N) is 2. The van der Waals surface area contributed by atoms with Crippen molar-refractivity contribution in [2.45, 2.75) is 34.1 Å². The normalized spacial score (nSPS) is 12.3. The van der Waals surface area contributed by atoms with E-state index < -0.39 is 0 Å². The van der Waals surface area contributed by atoms with Gasteiger partial charge in [-0.1, -0.05) is 39.8 Å². The average molecular weight is 259 g/mol. The number of nitrogens with one attached hydrogen (secondary N) is 1. The summed E-state index contributed by atoms with van der Waals surface area (Å²) in [4.78, 5) is 4.65. The molecule has 104 valence electrons. The Hall–Kier alpha value is -1.51. The van der Waals surface area contributed by atoms with Crippen LogP contribution in [0, 0.1) is 11.3 Å². The first-order valence-corrected chi connectivity index (χ1v) is 7.04. The number of benzene rings is 1. The Balaban J connectivity index is 2.12.